The van der Waals surface area contributed by atoms with Crippen molar-refractivity contribution in [3.05, 3.63) is 92.9 Å². The quantitative estimate of drug-likeness (QED) is 0.232. The molecule has 1 saturated heterocycles. The number of amides is 3. The number of hydrogen-bond acceptors (Lipinski definition) is 9. The molecule has 0 radical (unpaired) electrons. The number of nitrogens with one attached hydrogen (secondary N) is 1. The fraction of sp³-hybridized carbons (Fsp3) is 0.294. The normalized spacial score (nSPS) is 18.6. The van der Waals surface area contributed by atoms with E-state index in [4.69, 9.17) is 9.47 Å². The highest BCUT2D eigenvalue weighted by Gasteiger charge is 2.56. The minimum atomic E-state index is -0.778. The molecule has 1 aromatic heterocycles. The molecule has 4 aromatic rings. The molecular weight excluding hydrogens is 625 g/mol. The van der Waals surface area contributed by atoms with E-state index in [-0.39, 0.29) is 29.1 Å². The van der Waals surface area contributed by atoms with E-state index in [0.717, 1.165) is 35.7 Å². The van der Waals surface area contributed by atoms with Crippen LogP contribution in [0, 0.1) is 5.92 Å². The molecule has 0 saturated carbocycles. The highest BCUT2D eigenvalue weighted by Crippen LogP contribution is 2.54. The van der Waals surface area contributed by atoms with Crippen LogP contribution in [0.1, 0.15) is 30.2 Å². The van der Waals surface area contributed by atoms with Crippen LogP contribution in [0.25, 0.3) is 0 Å². The van der Waals surface area contributed by atoms with E-state index in [1.54, 1.807) is 62.8 Å². The molecule has 46 heavy (non-hydrogen) atoms. The number of imide groups is 1. The Bertz CT molecular complexity index is 1810. The van der Waals surface area contributed by atoms with Gasteiger partial charge in [0.2, 0.25) is 17.7 Å². The van der Waals surface area contributed by atoms with E-state index in [0.29, 0.717) is 32.8 Å². The summed E-state index contributed by atoms with van der Waals surface area (Å²) < 4.78 is 11.9. The summed E-state index contributed by atoms with van der Waals surface area (Å²) in [6.45, 7) is 5.64. The molecule has 1 fully saturated rings. The number of thioether (sulfide) groups is 1. The van der Waals surface area contributed by atoms with Crippen molar-refractivity contribution in [2.75, 3.05) is 42.4 Å². The number of thiazole rings is 1. The molecule has 0 aliphatic carbocycles. The number of fused-ring (bicyclic) bond motifs is 2. The van der Waals surface area contributed by atoms with E-state index in [1.165, 1.54) is 21.2 Å². The Balaban J connectivity index is 1.39. The van der Waals surface area contributed by atoms with E-state index >= 15 is 0 Å². The second-order valence-electron chi connectivity index (χ2n) is 10.9. The number of carbonyl (C=O) groups excluding carboxylic acids is 3. The van der Waals surface area contributed by atoms with E-state index in [2.05, 4.69) is 24.1 Å². The lowest BCUT2D eigenvalue weighted by atomic mass is 9.83. The zero-order valence-electron chi connectivity index (χ0n) is 25.9. The average molecular weight is 659 g/mol. The van der Waals surface area contributed by atoms with Crippen molar-refractivity contribution < 1.29 is 23.9 Å². The van der Waals surface area contributed by atoms with Crippen molar-refractivity contribution in [1.82, 2.24) is 4.57 Å². The molecule has 0 spiro atoms. The summed E-state index contributed by atoms with van der Waals surface area (Å²) in [6, 6.07) is 21.7. The van der Waals surface area contributed by atoms with Crippen molar-refractivity contribution >= 4 is 57.9 Å². The molecular formula is C34H34N4O6S2. The highest BCUT2D eigenvalue weighted by atomic mass is 32.2. The zero-order valence-corrected chi connectivity index (χ0v) is 27.5. The van der Waals surface area contributed by atoms with Crippen molar-refractivity contribution in [2.45, 2.75) is 36.6 Å². The number of anilines is 3. The van der Waals surface area contributed by atoms with Gasteiger partial charge < -0.3 is 19.7 Å². The number of rotatable bonds is 10. The average Bonchev–Trinajstić information content (AvgIpc) is 3.52. The van der Waals surface area contributed by atoms with Crippen LogP contribution in [-0.4, -0.2) is 54.8 Å². The Hall–Kier alpha value is -4.55. The van der Waals surface area contributed by atoms with Crippen LogP contribution in [0.4, 0.5) is 17.1 Å². The first-order valence-corrected chi connectivity index (χ1v) is 16.7. The van der Waals surface area contributed by atoms with Gasteiger partial charge in [0.05, 0.1) is 30.9 Å². The predicted molar refractivity (Wildman–Crippen MR) is 181 cm³/mol. The van der Waals surface area contributed by atoms with Crippen molar-refractivity contribution in [2.24, 2.45) is 5.92 Å². The lowest BCUT2D eigenvalue weighted by molar-refractivity contribution is -0.122. The molecule has 12 heteroatoms. The third kappa shape index (κ3) is 5.67. The van der Waals surface area contributed by atoms with Crippen molar-refractivity contribution in [3.8, 4) is 11.5 Å². The molecule has 2 unspecified atom stereocenters. The van der Waals surface area contributed by atoms with Crippen LogP contribution in [0.2, 0.25) is 0 Å². The number of benzene rings is 3. The molecule has 1 N–H and O–H groups in total. The Morgan fingerprint density at radius 1 is 0.848 bits per heavy atom. The fourth-order valence-electron chi connectivity index (χ4n) is 6.10. The first-order chi connectivity index (χ1) is 22.3. The minimum absolute atomic E-state index is 0.237. The molecule has 3 heterocycles. The summed E-state index contributed by atoms with van der Waals surface area (Å²) in [7, 11) is 3.12. The topological polar surface area (TPSA) is 110 Å². The summed E-state index contributed by atoms with van der Waals surface area (Å²) in [4.78, 5) is 58.7. The van der Waals surface area contributed by atoms with Crippen LogP contribution in [-0.2, 0) is 20.9 Å². The molecule has 10 nitrogen and oxygen atoms in total. The van der Waals surface area contributed by atoms with E-state index < -0.39 is 17.1 Å². The van der Waals surface area contributed by atoms with E-state index in [1.807, 2.05) is 24.3 Å². The lowest BCUT2D eigenvalue weighted by Gasteiger charge is -2.31. The molecule has 3 amide bonds. The molecule has 238 valence electrons. The van der Waals surface area contributed by atoms with Gasteiger partial charge in [-0.3, -0.25) is 23.7 Å². The van der Waals surface area contributed by atoms with Gasteiger partial charge in [-0.15, -0.1) is 0 Å². The molecule has 3 atom stereocenters. The SMILES string of the molecule is CCN(CC)c1ccc([C@H]2c3sc(=O)n(CC(=O)Nc4ccc(OC)cc4)c3SC3C(=O)N(c4ccc(OC)cc4)C(=O)C32)cc1. The summed E-state index contributed by atoms with van der Waals surface area (Å²) >= 11 is 2.22. The third-order valence-corrected chi connectivity index (χ3v) is 11.0. The smallest absolute Gasteiger partial charge is 0.308 e. The van der Waals surface area contributed by atoms with Gasteiger partial charge in [-0.2, -0.15) is 0 Å². The highest BCUT2D eigenvalue weighted by molar-refractivity contribution is 8.00. The van der Waals surface area contributed by atoms with Gasteiger partial charge >= 0.3 is 4.87 Å². The molecule has 2 aliphatic rings. The minimum Gasteiger partial charge on any atom is -0.497 e. The Labute approximate surface area is 274 Å². The monoisotopic (exact) mass is 658 g/mol. The number of aromatic nitrogens is 1. The fourth-order valence-corrected chi connectivity index (χ4v) is 8.87. The van der Waals surface area contributed by atoms with Gasteiger partial charge in [-0.1, -0.05) is 35.2 Å². The number of hydrogen-bond donors (Lipinski definition) is 1. The maximum atomic E-state index is 14.2. The second-order valence-corrected chi connectivity index (χ2v) is 13.0. The van der Waals surface area contributed by atoms with Crippen LogP contribution in [0.3, 0.4) is 0 Å². The van der Waals surface area contributed by atoms with Crippen LogP contribution >= 0.6 is 23.1 Å². The van der Waals surface area contributed by atoms with Gasteiger partial charge in [0, 0.05) is 35.3 Å². The van der Waals surface area contributed by atoms with Gasteiger partial charge in [-0.05, 0) is 80.1 Å². The molecule has 6 rings (SSSR count). The molecule has 3 aromatic carbocycles. The Morgan fingerprint density at radius 3 is 2.04 bits per heavy atom. The van der Waals surface area contributed by atoms with Gasteiger partial charge in [-0.25, -0.2) is 4.90 Å². The predicted octanol–water partition coefficient (Wildman–Crippen LogP) is 5.21. The lowest BCUT2D eigenvalue weighted by Crippen LogP contribution is -2.33. The summed E-state index contributed by atoms with van der Waals surface area (Å²) in [5.41, 5.74) is 2.90. The first-order valence-electron chi connectivity index (χ1n) is 15.0. The largest absolute Gasteiger partial charge is 0.497 e. The van der Waals surface area contributed by atoms with Crippen LogP contribution in [0.5, 0.6) is 11.5 Å². The van der Waals surface area contributed by atoms with Crippen LogP contribution in [0.15, 0.2) is 82.6 Å². The molecule has 2 aliphatic heterocycles. The van der Waals surface area contributed by atoms with Gasteiger partial charge in [0.25, 0.3) is 0 Å². The number of nitrogens with zero attached hydrogens (tertiary/aromatic N) is 3. The Kier molecular flexibility index (Phi) is 8.92. The van der Waals surface area contributed by atoms with Crippen molar-refractivity contribution in [1.29, 1.82) is 0 Å². The summed E-state index contributed by atoms with van der Waals surface area (Å²) in [6.07, 6.45) is 0. The first kappa shape index (κ1) is 31.4. The van der Waals surface area contributed by atoms with Crippen LogP contribution < -0.4 is 29.5 Å². The Morgan fingerprint density at radius 2 is 1.46 bits per heavy atom. The maximum absolute atomic E-state index is 14.2. The van der Waals surface area contributed by atoms with E-state index in [9.17, 15) is 19.2 Å². The standard InChI is InChI=1S/C34H34N4O6S2/c1-5-36(6-2)22-11-7-20(8-12-22)27-28-29(32(41)38(31(28)40)23-13-17-25(44-4)18-14-23)45-33-30(27)46-34(42)37(33)19-26(39)35-21-9-15-24(43-3)16-10-21/h7-18,27-29H,5-6,19H2,1-4H3,(H,35,39)/t27-,28?,29?/m1/s1. The zero-order chi connectivity index (χ0) is 32.5. The third-order valence-electron chi connectivity index (χ3n) is 8.44. The van der Waals surface area contributed by atoms with Gasteiger partial charge in [0.1, 0.15) is 23.3 Å². The number of carbonyl (C=O) groups is 3. The van der Waals surface area contributed by atoms with Crippen molar-refractivity contribution in [3.63, 3.8) is 0 Å². The second kappa shape index (κ2) is 13.1. The van der Waals surface area contributed by atoms with Gasteiger partial charge in [0.15, 0.2) is 0 Å². The number of ether oxygens (including phenoxy) is 2. The number of methoxy groups -OCH3 is 2. The molecule has 0 bridgehead atoms. The maximum Gasteiger partial charge on any atom is 0.308 e. The summed E-state index contributed by atoms with van der Waals surface area (Å²) in [5.74, 6) is -1.07. The summed E-state index contributed by atoms with van der Waals surface area (Å²) in [5, 5.41) is 2.59.